The Balaban J connectivity index is 1.57. The third-order valence-electron chi connectivity index (χ3n) is 4.35. The Kier molecular flexibility index (Phi) is 5.19. The quantitative estimate of drug-likeness (QED) is 0.865. The molecule has 1 fully saturated rings. The van der Waals surface area contributed by atoms with E-state index < -0.39 is 0 Å². The summed E-state index contributed by atoms with van der Waals surface area (Å²) in [4.78, 5) is 20.5. The second-order valence-corrected chi connectivity index (χ2v) is 5.90. The van der Waals surface area contributed by atoms with E-state index in [0.717, 1.165) is 11.1 Å². The maximum Gasteiger partial charge on any atom is 0.227 e. The first kappa shape index (κ1) is 16.2. The summed E-state index contributed by atoms with van der Waals surface area (Å²) in [6.07, 6.45) is 3.88. The van der Waals surface area contributed by atoms with Gasteiger partial charge in [-0.15, -0.1) is 0 Å². The van der Waals surface area contributed by atoms with Gasteiger partial charge in [0.1, 0.15) is 6.04 Å². The maximum atomic E-state index is 12.4. The smallest absolute Gasteiger partial charge is 0.227 e. The van der Waals surface area contributed by atoms with Gasteiger partial charge in [0.05, 0.1) is 12.5 Å². The van der Waals surface area contributed by atoms with Crippen LogP contribution in [0.25, 0.3) is 0 Å². The molecule has 2 heterocycles. The lowest BCUT2D eigenvalue weighted by Crippen LogP contribution is -2.49. The van der Waals surface area contributed by atoms with Crippen molar-refractivity contribution in [1.82, 2.24) is 14.8 Å². The van der Waals surface area contributed by atoms with Gasteiger partial charge in [0.25, 0.3) is 0 Å². The van der Waals surface area contributed by atoms with Gasteiger partial charge in [0, 0.05) is 44.1 Å². The highest BCUT2D eigenvalue weighted by atomic mass is 16.2. The van der Waals surface area contributed by atoms with E-state index in [1.807, 2.05) is 47.4 Å². The summed E-state index contributed by atoms with van der Waals surface area (Å²) < 4.78 is 0. The summed E-state index contributed by atoms with van der Waals surface area (Å²) in [5.74, 6) is 0.149. The second kappa shape index (κ2) is 7.71. The summed E-state index contributed by atoms with van der Waals surface area (Å²) in [5, 5.41) is 9.50. The second-order valence-electron chi connectivity index (χ2n) is 5.90. The van der Waals surface area contributed by atoms with Gasteiger partial charge < -0.3 is 4.90 Å². The number of hydrogen-bond donors (Lipinski definition) is 0. The van der Waals surface area contributed by atoms with E-state index in [4.69, 9.17) is 0 Å². The highest BCUT2D eigenvalue weighted by Crippen LogP contribution is 2.21. The lowest BCUT2D eigenvalue weighted by Gasteiger charge is -2.37. The van der Waals surface area contributed by atoms with Crippen LogP contribution in [-0.2, 0) is 11.2 Å². The first-order chi connectivity index (χ1) is 11.8. The average molecular weight is 320 g/mol. The Labute approximate surface area is 142 Å². The number of carbonyl (C=O) groups is 1. The molecule has 5 nitrogen and oxygen atoms in total. The van der Waals surface area contributed by atoms with Crippen LogP contribution in [0.1, 0.15) is 17.2 Å². The molecule has 0 aliphatic carbocycles. The van der Waals surface area contributed by atoms with Crippen molar-refractivity contribution in [2.75, 3.05) is 26.2 Å². The predicted octanol–water partition coefficient (Wildman–Crippen LogP) is 2.03. The molecule has 1 aliphatic rings. The molecule has 1 saturated heterocycles. The zero-order valence-corrected chi connectivity index (χ0v) is 13.5. The number of benzene rings is 1. The van der Waals surface area contributed by atoms with E-state index in [1.165, 1.54) is 0 Å². The van der Waals surface area contributed by atoms with Gasteiger partial charge >= 0.3 is 0 Å². The topological polar surface area (TPSA) is 60.2 Å². The van der Waals surface area contributed by atoms with Crippen molar-refractivity contribution in [3.63, 3.8) is 0 Å². The van der Waals surface area contributed by atoms with Crippen LogP contribution in [0.5, 0.6) is 0 Å². The van der Waals surface area contributed by atoms with Crippen molar-refractivity contribution in [3.05, 3.63) is 66.0 Å². The van der Waals surface area contributed by atoms with Crippen LogP contribution in [-0.4, -0.2) is 46.9 Å². The zero-order valence-electron chi connectivity index (χ0n) is 13.5. The first-order valence-electron chi connectivity index (χ1n) is 8.13. The number of rotatable bonds is 4. The summed E-state index contributed by atoms with van der Waals surface area (Å²) in [5.41, 5.74) is 1.94. The molecule has 0 bridgehead atoms. The molecule has 24 heavy (non-hydrogen) atoms. The van der Waals surface area contributed by atoms with E-state index >= 15 is 0 Å². The number of aromatic nitrogens is 1. The number of pyridine rings is 1. The number of carbonyl (C=O) groups excluding carboxylic acids is 1. The van der Waals surface area contributed by atoms with Crippen LogP contribution in [0, 0.1) is 11.3 Å². The van der Waals surface area contributed by atoms with Gasteiger partial charge in [-0.05, 0) is 11.6 Å². The number of amides is 1. The van der Waals surface area contributed by atoms with Gasteiger partial charge in [0.2, 0.25) is 5.91 Å². The van der Waals surface area contributed by atoms with Crippen LogP contribution < -0.4 is 0 Å². The minimum Gasteiger partial charge on any atom is -0.340 e. The minimum atomic E-state index is -0.301. The standard InChI is InChI=1S/C19H20N4O/c20-14-18(17-7-4-8-21-15-17)22-9-11-23(12-10-22)19(24)13-16-5-2-1-3-6-16/h1-8,15,18H,9-13H2/t18-/m0/s1. The average Bonchev–Trinajstić information content (AvgIpc) is 2.65. The predicted molar refractivity (Wildman–Crippen MR) is 90.9 cm³/mol. The molecule has 0 saturated carbocycles. The molecule has 1 amide bonds. The van der Waals surface area contributed by atoms with Crippen LogP contribution >= 0.6 is 0 Å². The Morgan fingerprint density at radius 2 is 1.88 bits per heavy atom. The van der Waals surface area contributed by atoms with E-state index in [9.17, 15) is 10.1 Å². The SMILES string of the molecule is N#C[C@@H](c1cccnc1)N1CCN(C(=O)Cc2ccccc2)CC1. The fraction of sp³-hybridized carbons (Fsp3) is 0.316. The lowest BCUT2D eigenvalue weighted by atomic mass is 10.1. The van der Waals surface area contributed by atoms with E-state index in [2.05, 4.69) is 16.0 Å². The van der Waals surface area contributed by atoms with Crippen LogP contribution in [0.3, 0.4) is 0 Å². The molecule has 3 rings (SSSR count). The molecule has 0 unspecified atom stereocenters. The summed E-state index contributed by atoms with van der Waals surface area (Å²) in [6, 6.07) is 15.6. The van der Waals surface area contributed by atoms with E-state index in [1.54, 1.807) is 12.4 Å². The number of hydrogen-bond acceptors (Lipinski definition) is 4. The molecule has 1 aliphatic heterocycles. The molecular weight excluding hydrogens is 300 g/mol. The Bertz CT molecular complexity index is 703. The Morgan fingerprint density at radius 3 is 2.50 bits per heavy atom. The van der Waals surface area contributed by atoms with Crippen molar-refractivity contribution in [2.45, 2.75) is 12.5 Å². The third kappa shape index (κ3) is 3.79. The van der Waals surface area contributed by atoms with Crippen LogP contribution in [0.2, 0.25) is 0 Å². The molecule has 1 aromatic carbocycles. The van der Waals surface area contributed by atoms with Gasteiger partial charge in [-0.3, -0.25) is 14.7 Å². The monoisotopic (exact) mass is 320 g/mol. The Morgan fingerprint density at radius 1 is 1.12 bits per heavy atom. The largest absolute Gasteiger partial charge is 0.340 e. The highest BCUT2D eigenvalue weighted by Gasteiger charge is 2.27. The summed E-state index contributed by atoms with van der Waals surface area (Å²) in [6.45, 7) is 2.72. The summed E-state index contributed by atoms with van der Waals surface area (Å²) in [7, 11) is 0. The first-order valence-corrected chi connectivity index (χ1v) is 8.13. The van der Waals surface area contributed by atoms with Crippen molar-refractivity contribution in [2.24, 2.45) is 0 Å². The van der Waals surface area contributed by atoms with Crippen molar-refractivity contribution >= 4 is 5.91 Å². The minimum absolute atomic E-state index is 0.149. The molecule has 5 heteroatoms. The molecule has 2 aromatic rings. The molecule has 0 spiro atoms. The number of nitriles is 1. The van der Waals surface area contributed by atoms with Gasteiger partial charge in [-0.25, -0.2) is 0 Å². The molecule has 1 aromatic heterocycles. The van der Waals surface area contributed by atoms with Gasteiger partial charge in [-0.1, -0.05) is 36.4 Å². The highest BCUT2D eigenvalue weighted by molar-refractivity contribution is 5.78. The van der Waals surface area contributed by atoms with E-state index in [-0.39, 0.29) is 11.9 Å². The molecule has 1 atom stereocenters. The van der Waals surface area contributed by atoms with Crippen molar-refractivity contribution < 1.29 is 4.79 Å². The van der Waals surface area contributed by atoms with Crippen molar-refractivity contribution in [3.8, 4) is 6.07 Å². The Hall–Kier alpha value is -2.71. The molecule has 122 valence electrons. The maximum absolute atomic E-state index is 12.4. The molecule has 0 N–H and O–H groups in total. The van der Waals surface area contributed by atoms with E-state index in [0.29, 0.717) is 32.6 Å². The zero-order chi connectivity index (χ0) is 16.8. The normalized spacial score (nSPS) is 16.4. The van der Waals surface area contributed by atoms with Gasteiger partial charge in [-0.2, -0.15) is 5.26 Å². The number of nitrogens with zero attached hydrogens (tertiary/aromatic N) is 4. The fourth-order valence-electron chi connectivity index (χ4n) is 3.02. The summed E-state index contributed by atoms with van der Waals surface area (Å²) >= 11 is 0. The van der Waals surface area contributed by atoms with Crippen LogP contribution in [0.15, 0.2) is 54.9 Å². The van der Waals surface area contributed by atoms with Gasteiger partial charge in [0.15, 0.2) is 0 Å². The molecule has 0 radical (unpaired) electrons. The number of piperazine rings is 1. The lowest BCUT2D eigenvalue weighted by molar-refractivity contribution is -0.132. The van der Waals surface area contributed by atoms with Crippen LogP contribution in [0.4, 0.5) is 0 Å². The molecular formula is C19H20N4O. The fourth-order valence-corrected chi connectivity index (χ4v) is 3.02. The third-order valence-corrected chi connectivity index (χ3v) is 4.35. The van der Waals surface area contributed by atoms with Crippen molar-refractivity contribution in [1.29, 1.82) is 5.26 Å².